The first-order chi connectivity index (χ1) is 5.83. The van der Waals surface area contributed by atoms with Crippen LogP contribution in [0.4, 0.5) is 4.79 Å². The number of methoxy groups -OCH3 is 1. The summed E-state index contributed by atoms with van der Waals surface area (Å²) in [6.07, 6.45) is 2.74. The molecule has 1 rings (SSSR count). The summed E-state index contributed by atoms with van der Waals surface area (Å²) in [6, 6.07) is 1.71. The topological polar surface area (TPSA) is 64.1 Å². The van der Waals surface area contributed by atoms with Gasteiger partial charge in [0, 0.05) is 12.4 Å². The van der Waals surface area contributed by atoms with Gasteiger partial charge in [0.1, 0.15) is 5.82 Å². The van der Waals surface area contributed by atoms with E-state index in [-0.39, 0.29) is 6.54 Å². The molecule has 1 heterocycles. The van der Waals surface area contributed by atoms with Gasteiger partial charge >= 0.3 is 6.09 Å². The first kappa shape index (κ1) is 8.45. The third-order valence-corrected chi connectivity index (χ3v) is 1.20. The third kappa shape index (κ3) is 2.53. The summed E-state index contributed by atoms with van der Waals surface area (Å²) in [7, 11) is 1.31. The zero-order valence-corrected chi connectivity index (χ0v) is 6.65. The molecule has 5 nitrogen and oxygen atoms in total. The predicted molar refractivity (Wildman–Crippen MR) is 41.3 cm³/mol. The fourth-order valence-electron chi connectivity index (χ4n) is 0.645. The summed E-state index contributed by atoms with van der Waals surface area (Å²) in [5, 5.41) is 2.46. The van der Waals surface area contributed by atoms with Crippen molar-refractivity contribution < 1.29 is 9.53 Å². The Labute approximate surface area is 69.8 Å². The maximum Gasteiger partial charge on any atom is 0.407 e. The second kappa shape index (κ2) is 4.27. The van der Waals surface area contributed by atoms with Gasteiger partial charge in [-0.15, -0.1) is 0 Å². The van der Waals surface area contributed by atoms with E-state index in [1.807, 2.05) is 0 Å². The van der Waals surface area contributed by atoms with Gasteiger partial charge < -0.3 is 10.1 Å². The van der Waals surface area contributed by atoms with Crippen molar-refractivity contribution in [3.8, 4) is 0 Å². The number of carbonyl (C=O) groups excluding carboxylic acids is 1. The quantitative estimate of drug-likeness (QED) is 0.689. The summed E-state index contributed by atoms with van der Waals surface area (Å²) in [5.74, 6) is 0.558. The molecule has 1 N–H and O–H groups in total. The molecular formula is C7H9N3O2. The molecule has 12 heavy (non-hydrogen) atoms. The number of aromatic nitrogens is 2. The Morgan fingerprint density at radius 3 is 2.83 bits per heavy atom. The van der Waals surface area contributed by atoms with E-state index in [0.29, 0.717) is 5.82 Å². The Hall–Kier alpha value is -1.65. The number of ether oxygens (including phenoxy) is 1. The van der Waals surface area contributed by atoms with Crippen LogP contribution in [-0.2, 0) is 11.3 Å². The molecular weight excluding hydrogens is 158 g/mol. The zero-order chi connectivity index (χ0) is 8.81. The highest BCUT2D eigenvalue weighted by Crippen LogP contribution is 1.86. The van der Waals surface area contributed by atoms with E-state index in [0.717, 1.165) is 0 Å². The predicted octanol–water partition coefficient (Wildman–Crippen LogP) is 0.333. The molecule has 0 aliphatic carbocycles. The van der Waals surface area contributed by atoms with Crippen LogP contribution in [0.3, 0.4) is 0 Å². The van der Waals surface area contributed by atoms with Crippen molar-refractivity contribution >= 4 is 6.09 Å². The van der Waals surface area contributed by atoms with Crippen molar-refractivity contribution in [3.63, 3.8) is 0 Å². The first-order valence-corrected chi connectivity index (χ1v) is 3.40. The van der Waals surface area contributed by atoms with Crippen LogP contribution in [-0.4, -0.2) is 23.2 Å². The zero-order valence-electron chi connectivity index (χ0n) is 6.65. The summed E-state index contributed by atoms with van der Waals surface area (Å²) < 4.78 is 4.37. The summed E-state index contributed by atoms with van der Waals surface area (Å²) in [5.41, 5.74) is 0. The molecule has 0 atom stereocenters. The largest absolute Gasteiger partial charge is 0.453 e. The van der Waals surface area contributed by atoms with E-state index >= 15 is 0 Å². The lowest BCUT2D eigenvalue weighted by Gasteiger charge is -2.00. The van der Waals surface area contributed by atoms with Crippen molar-refractivity contribution in [2.45, 2.75) is 6.54 Å². The number of amides is 1. The molecule has 1 aromatic rings. The monoisotopic (exact) mass is 167 g/mol. The first-order valence-electron chi connectivity index (χ1n) is 3.40. The lowest BCUT2D eigenvalue weighted by molar-refractivity contribution is 0.170. The van der Waals surface area contributed by atoms with Crippen LogP contribution in [0.15, 0.2) is 18.5 Å². The fraction of sp³-hybridized carbons (Fsp3) is 0.286. The standard InChI is InChI=1S/C7H9N3O2/c1-12-7(11)10-5-6-8-3-2-4-9-6/h2-4H,5H2,1H3,(H,10,11). The number of nitrogens with one attached hydrogen (secondary N) is 1. The maximum atomic E-state index is 10.6. The van der Waals surface area contributed by atoms with Crippen LogP contribution in [0.1, 0.15) is 5.82 Å². The van der Waals surface area contributed by atoms with Gasteiger partial charge in [-0.05, 0) is 6.07 Å². The van der Waals surface area contributed by atoms with Gasteiger partial charge in [0.25, 0.3) is 0 Å². The van der Waals surface area contributed by atoms with E-state index in [4.69, 9.17) is 0 Å². The summed E-state index contributed by atoms with van der Waals surface area (Å²) in [6.45, 7) is 0.285. The maximum absolute atomic E-state index is 10.6. The Morgan fingerprint density at radius 1 is 1.58 bits per heavy atom. The van der Waals surface area contributed by atoms with E-state index in [9.17, 15) is 4.79 Å². The lowest BCUT2D eigenvalue weighted by atomic mass is 10.5. The van der Waals surface area contributed by atoms with Gasteiger partial charge in [-0.2, -0.15) is 0 Å². The van der Waals surface area contributed by atoms with Gasteiger partial charge in [-0.1, -0.05) is 0 Å². The smallest absolute Gasteiger partial charge is 0.407 e. The molecule has 0 saturated carbocycles. The molecule has 1 amide bonds. The van der Waals surface area contributed by atoms with Crippen LogP contribution >= 0.6 is 0 Å². The average molecular weight is 167 g/mol. The molecule has 0 bridgehead atoms. The van der Waals surface area contributed by atoms with Gasteiger partial charge in [0.2, 0.25) is 0 Å². The number of carbonyl (C=O) groups is 1. The molecule has 0 unspecified atom stereocenters. The van der Waals surface area contributed by atoms with Crippen molar-refractivity contribution in [3.05, 3.63) is 24.3 Å². The number of alkyl carbamates (subject to hydrolysis) is 1. The molecule has 5 heteroatoms. The minimum Gasteiger partial charge on any atom is -0.453 e. The molecule has 0 aliphatic rings. The average Bonchev–Trinajstić information content (AvgIpc) is 2.16. The van der Waals surface area contributed by atoms with E-state index in [1.165, 1.54) is 7.11 Å². The minimum absolute atomic E-state index is 0.285. The molecule has 0 aromatic carbocycles. The number of hydrogen-bond donors (Lipinski definition) is 1. The van der Waals surface area contributed by atoms with Crippen molar-refractivity contribution in [1.82, 2.24) is 15.3 Å². The Balaban J connectivity index is 2.38. The number of hydrogen-bond acceptors (Lipinski definition) is 4. The van der Waals surface area contributed by atoms with Gasteiger partial charge in [0.15, 0.2) is 0 Å². The minimum atomic E-state index is -0.484. The molecule has 1 aromatic heterocycles. The van der Waals surface area contributed by atoms with E-state index in [1.54, 1.807) is 18.5 Å². The molecule has 64 valence electrons. The molecule has 0 radical (unpaired) electrons. The second-order valence-electron chi connectivity index (χ2n) is 2.01. The lowest BCUT2D eigenvalue weighted by Crippen LogP contribution is -2.23. The highest BCUT2D eigenvalue weighted by Gasteiger charge is 1.98. The Kier molecular flexibility index (Phi) is 3.01. The highest BCUT2D eigenvalue weighted by atomic mass is 16.5. The van der Waals surface area contributed by atoms with E-state index < -0.39 is 6.09 Å². The molecule has 0 spiro atoms. The van der Waals surface area contributed by atoms with Crippen LogP contribution in [0.5, 0.6) is 0 Å². The number of rotatable bonds is 2. The third-order valence-electron chi connectivity index (χ3n) is 1.20. The number of nitrogens with zero attached hydrogens (tertiary/aromatic N) is 2. The van der Waals surface area contributed by atoms with Crippen LogP contribution in [0.25, 0.3) is 0 Å². The SMILES string of the molecule is COC(=O)NCc1ncccn1. The van der Waals surface area contributed by atoms with Crippen LogP contribution < -0.4 is 5.32 Å². The second-order valence-corrected chi connectivity index (χ2v) is 2.01. The Bertz CT molecular complexity index is 250. The van der Waals surface area contributed by atoms with Gasteiger partial charge in [-0.25, -0.2) is 14.8 Å². The van der Waals surface area contributed by atoms with Gasteiger partial charge in [-0.3, -0.25) is 0 Å². The van der Waals surface area contributed by atoms with E-state index in [2.05, 4.69) is 20.0 Å². The van der Waals surface area contributed by atoms with Crippen LogP contribution in [0, 0.1) is 0 Å². The molecule has 0 saturated heterocycles. The fourth-order valence-corrected chi connectivity index (χ4v) is 0.645. The van der Waals surface area contributed by atoms with Crippen molar-refractivity contribution in [2.24, 2.45) is 0 Å². The highest BCUT2D eigenvalue weighted by molar-refractivity contribution is 5.66. The molecule has 0 fully saturated rings. The normalized spacial score (nSPS) is 9.08. The Morgan fingerprint density at radius 2 is 2.25 bits per heavy atom. The van der Waals surface area contributed by atoms with Crippen LogP contribution in [0.2, 0.25) is 0 Å². The van der Waals surface area contributed by atoms with Crippen molar-refractivity contribution in [2.75, 3.05) is 7.11 Å². The summed E-state index contributed by atoms with van der Waals surface area (Å²) in [4.78, 5) is 18.4. The molecule has 0 aliphatic heterocycles. The van der Waals surface area contributed by atoms with Gasteiger partial charge in [0.05, 0.1) is 13.7 Å². The summed E-state index contributed by atoms with van der Waals surface area (Å²) >= 11 is 0. The van der Waals surface area contributed by atoms with Crippen molar-refractivity contribution in [1.29, 1.82) is 0 Å².